The van der Waals surface area contributed by atoms with E-state index in [4.69, 9.17) is 0 Å². The zero-order chi connectivity index (χ0) is 8.91. The lowest BCUT2D eigenvalue weighted by atomic mass is 10.4. The summed E-state index contributed by atoms with van der Waals surface area (Å²) in [4.78, 5) is 0. The van der Waals surface area contributed by atoms with E-state index in [1.54, 1.807) is 0 Å². The summed E-state index contributed by atoms with van der Waals surface area (Å²) in [6.07, 6.45) is 8.27. The molecule has 62 valence electrons. The Balaban J connectivity index is 4.53. The third-order valence-corrected chi connectivity index (χ3v) is 3.66. The van der Waals surface area contributed by atoms with E-state index in [-0.39, 0.29) is 0 Å². The van der Waals surface area contributed by atoms with Crippen LogP contribution in [0.2, 0.25) is 19.6 Å². The number of hydrogen-bond acceptors (Lipinski definition) is 0. The van der Waals surface area contributed by atoms with Crippen molar-refractivity contribution in [1.82, 2.24) is 0 Å². The molecule has 0 amide bonds. The Morgan fingerprint density at radius 2 is 1.82 bits per heavy atom. The predicted molar refractivity (Wildman–Crippen MR) is 56.4 cm³/mol. The minimum Gasteiger partial charge on any atom is -0.0992 e. The first-order chi connectivity index (χ1) is 5.02. The van der Waals surface area contributed by atoms with Crippen LogP contribution in [0.25, 0.3) is 0 Å². The van der Waals surface area contributed by atoms with Crippen LogP contribution in [-0.4, -0.2) is 8.07 Å². The molecular formula is C10H18Si. The van der Waals surface area contributed by atoms with Crippen LogP contribution in [0.4, 0.5) is 0 Å². The summed E-state index contributed by atoms with van der Waals surface area (Å²) in [6, 6.07) is 0. The van der Waals surface area contributed by atoms with E-state index < -0.39 is 8.07 Å². The van der Waals surface area contributed by atoms with E-state index in [1.165, 1.54) is 5.20 Å². The van der Waals surface area contributed by atoms with Crippen molar-refractivity contribution in [2.45, 2.75) is 26.6 Å². The molecule has 0 aliphatic rings. The SMILES string of the molecule is C=C/C(=C\C=C\C)[Si](C)(C)C. The summed E-state index contributed by atoms with van der Waals surface area (Å²) in [6.45, 7) is 12.8. The van der Waals surface area contributed by atoms with Crippen molar-refractivity contribution >= 4 is 8.07 Å². The Hall–Kier alpha value is -0.563. The van der Waals surface area contributed by atoms with Crippen LogP contribution < -0.4 is 0 Å². The molecule has 0 rings (SSSR count). The van der Waals surface area contributed by atoms with Gasteiger partial charge in [-0.1, -0.05) is 55.7 Å². The Morgan fingerprint density at radius 1 is 1.27 bits per heavy atom. The van der Waals surface area contributed by atoms with Crippen molar-refractivity contribution in [3.05, 3.63) is 36.1 Å². The van der Waals surface area contributed by atoms with E-state index >= 15 is 0 Å². The van der Waals surface area contributed by atoms with Gasteiger partial charge in [-0.15, -0.1) is 0 Å². The summed E-state index contributed by atoms with van der Waals surface area (Å²) >= 11 is 0. The fourth-order valence-electron chi connectivity index (χ4n) is 0.824. The lowest BCUT2D eigenvalue weighted by molar-refractivity contribution is 1.64. The van der Waals surface area contributed by atoms with Gasteiger partial charge >= 0.3 is 0 Å². The fourth-order valence-corrected chi connectivity index (χ4v) is 2.03. The number of rotatable bonds is 3. The standard InChI is InChI=1S/C10H18Si/c1-6-8-9-10(7-2)11(3,4)5/h6-9H,2H2,1,3-5H3/b8-6+,10-9+. The Kier molecular flexibility index (Phi) is 4.12. The molecule has 0 bridgehead atoms. The van der Waals surface area contributed by atoms with Crippen LogP contribution in [-0.2, 0) is 0 Å². The van der Waals surface area contributed by atoms with Crippen LogP contribution >= 0.6 is 0 Å². The van der Waals surface area contributed by atoms with Gasteiger partial charge in [-0.05, 0) is 6.92 Å². The second kappa shape index (κ2) is 4.34. The highest BCUT2D eigenvalue weighted by molar-refractivity contribution is 6.83. The van der Waals surface area contributed by atoms with Gasteiger partial charge in [0, 0.05) is 0 Å². The maximum absolute atomic E-state index is 3.81. The normalized spacial score (nSPS) is 14.0. The molecule has 0 aromatic heterocycles. The summed E-state index contributed by atoms with van der Waals surface area (Å²) in [5.41, 5.74) is 0. The van der Waals surface area contributed by atoms with Crippen LogP contribution in [0.5, 0.6) is 0 Å². The molecule has 0 N–H and O–H groups in total. The first-order valence-electron chi connectivity index (χ1n) is 3.98. The lowest BCUT2D eigenvalue weighted by Gasteiger charge is -2.16. The summed E-state index contributed by atoms with van der Waals surface area (Å²) in [7, 11) is -1.13. The van der Waals surface area contributed by atoms with E-state index in [2.05, 4.69) is 38.4 Å². The molecule has 0 aliphatic heterocycles. The lowest BCUT2D eigenvalue weighted by Crippen LogP contribution is -2.22. The van der Waals surface area contributed by atoms with Gasteiger partial charge in [0.1, 0.15) is 0 Å². The zero-order valence-electron chi connectivity index (χ0n) is 8.02. The molecule has 0 radical (unpaired) electrons. The zero-order valence-corrected chi connectivity index (χ0v) is 9.02. The van der Waals surface area contributed by atoms with Crippen LogP contribution in [0.3, 0.4) is 0 Å². The number of allylic oxidation sites excluding steroid dienone is 5. The molecule has 0 atom stereocenters. The molecule has 0 unspecified atom stereocenters. The summed E-state index contributed by atoms with van der Waals surface area (Å²) in [5.74, 6) is 0. The van der Waals surface area contributed by atoms with Gasteiger partial charge < -0.3 is 0 Å². The second-order valence-electron chi connectivity index (χ2n) is 3.60. The average Bonchev–Trinajstić information content (AvgIpc) is 1.87. The highest BCUT2D eigenvalue weighted by Crippen LogP contribution is 2.14. The molecular weight excluding hydrogens is 148 g/mol. The maximum atomic E-state index is 3.81. The van der Waals surface area contributed by atoms with Gasteiger partial charge in [0.2, 0.25) is 0 Å². The molecule has 0 aromatic carbocycles. The molecule has 1 heteroatoms. The van der Waals surface area contributed by atoms with E-state index in [9.17, 15) is 0 Å². The molecule has 0 saturated carbocycles. The second-order valence-corrected chi connectivity index (χ2v) is 8.68. The number of hydrogen-bond donors (Lipinski definition) is 0. The van der Waals surface area contributed by atoms with Crippen LogP contribution in [0.15, 0.2) is 36.1 Å². The molecule has 0 heterocycles. The maximum Gasteiger partial charge on any atom is 0.0775 e. The first-order valence-corrected chi connectivity index (χ1v) is 7.48. The summed E-state index contributed by atoms with van der Waals surface area (Å²) < 4.78 is 0. The fraction of sp³-hybridized carbons (Fsp3) is 0.400. The minimum atomic E-state index is -1.13. The van der Waals surface area contributed by atoms with Gasteiger partial charge in [-0.2, -0.15) is 0 Å². The highest BCUT2D eigenvalue weighted by atomic mass is 28.3. The third-order valence-electron chi connectivity index (χ3n) is 1.55. The third kappa shape index (κ3) is 3.99. The van der Waals surface area contributed by atoms with E-state index in [0.717, 1.165) is 0 Å². The average molecular weight is 166 g/mol. The highest BCUT2D eigenvalue weighted by Gasteiger charge is 2.15. The van der Waals surface area contributed by atoms with Crippen molar-refractivity contribution in [2.75, 3.05) is 0 Å². The molecule has 0 fully saturated rings. The quantitative estimate of drug-likeness (QED) is 0.444. The van der Waals surface area contributed by atoms with Crippen LogP contribution in [0, 0.1) is 0 Å². The topological polar surface area (TPSA) is 0 Å². The van der Waals surface area contributed by atoms with Gasteiger partial charge in [0.05, 0.1) is 8.07 Å². The molecule has 0 nitrogen and oxygen atoms in total. The molecule has 0 saturated heterocycles. The predicted octanol–water partition coefficient (Wildman–Crippen LogP) is 3.55. The molecule has 0 aromatic rings. The van der Waals surface area contributed by atoms with Crippen molar-refractivity contribution in [3.8, 4) is 0 Å². The van der Waals surface area contributed by atoms with E-state index in [1.807, 2.05) is 19.1 Å². The molecule has 11 heavy (non-hydrogen) atoms. The summed E-state index contributed by atoms with van der Waals surface area (Å²) in [5, 5.41) is 1.41. The van der Waals surface area contributed by atoms with E-state index in [0.29, 0.717) is 0 Å². The Morgan fingerprint density at radius 3 is 2.09 bits per heavy atom. The van der Waals surface area contributed by atoms with Crippen molar-refractivity contribution in [1.29, 1.82) is 0 Å². The minimum absolute atomic E-state index is 1.13. The monoisotopic (exact) mass is 166 g/mol. The largest absolute Gasteiger partial charge is 0.0992 e. The Labute approximate surface area is 71.3 Å². The van der Waals surface area contributed by atoms with Gasteiger partial charge in [-0.3, -0.25) is 0 Å². The van der Waals surface area contributed by atoms with Crippen molar-refractivity contribution < 1.29 is 0 Å². The van der Waals surface area contributed by atoms with Crippen molar-refractivity contribution in [2.24, 2.45) is 0 Å². The smallest absolute Gasteiger partial charge is 0.0775 e. The van der Waals surface area contributed by atoms with Gasteiger partial charge in [-0.25, -0.2) is 0 Å². The first kappa shape index (κ1) is 10.4. The molecule has 0 aliphatic carbocycles. The van der Waals surface area contributed by atoms with Gasteiger partial charge in [0.15, 0.2) is 0 Å². The Bertz CT molecular complexity index is 180. The van der Waals surface area contributed by atoms with Gasteiger partial charge in [0.25, 0.3) is 0 Å². The van der Waals surface area contributed by atoms with Crippen LogP contribution in [0.1, 0.15) is 6.92 Å². The molecule has 0 spiro atoms. The van der Waals surface area contributed by atoms with Crippen molar-refractivity contribution in [3.63, 3.8) is 0 Å².